The van der Waals surface area contributed by atoms with Crippen LogP contribution < -0.4 is 10.6 Å². The molecule has 25 heavy (non-hydrogen) atoms. The smallest absolute Gasteiger partial charge is 0.171 e. The van der Waals surface area contributed by atoms with Gasteiger partial charge >= 0.3 is 0 Å². The standard InChI is InChI=1S/C20H25N3OS/c1-16-6-2-5-9-19(16)22-20(25)21-14-17-7-3-4-8-18(17)15-23-10-12-24-13-11-23/h2-9H,10-15H2,1H3,(H2,21,22,25). The van der Waals surface area contributed by atoms with Gasteiger partial charge in [0.05, 0.1) is 13.2 Å². The van der Waals surface area contributed by atoms with Crippen LogP contribution in [0, 0.1) is 6.92 Å². The lowest BCUT2D eigenvalue weighted by Gasteiger charge is -2.27. The van der Waals surface area contributed by atoms with E-state index in [9.17, 15) is 0 Å². The number of morpholine rings is 1. The summed E-state index contributed by atoms with van der Waals surface area (Å²) in [5, 5.41) is 7.25. The van der Waals surface area contributed by atoms with Crippen molar-refractivity contribution in [2.24, 2.45) is 0 Å². The second-order valence-electron chi connectivity index (χ2n) is 6.28. The van der Waals surface area contributed by atoms with E-state index in [2.05, 4.69) is 52.8 Å². The first kappa shape index (κ1) is 17.9. The molecular weight excluding hydrogens is 330 g/mol. The lowest BCUT2D eigenvalue weighted by atomic mass is 10.1. The van der Waals surface area contributed by atoms with E-state index in [1.54, 1.807) is 0 Å². The SMILES string of the molecule is Cc1ccccc1NC(=S)NCc1ccccc1CN1CCOCC1. The average molecular weight is 356 g/mol. The number of rotatable bonds is 5. The summed E-state index contributed by atoms with van der Waals surface area (Å²) in [6.45, 7) is 7.39. The molecule has 0 bridgehead atoms. The van der Waals surface area contributed by atoms with Crippen molar-refractivity contribution in [1.82, 2.24) is 10.2 Å². The van der Waals surface area contributed by atoms with Gasteiger partial charge in [-0.2, -0.15) is 0 Å². The van der Waals surface area contributed by atoms with Gasteiger partial charge in [-0.3, -0.25) is 4.90 Å². The van der Waals surface area contributed by atoms with E-state index in [1.165, 1.54) is 16.7 Å². The molecule has 4 nitrogen and oxygen atoms in total. The summed E-state index contributed by atoms with van der Waals surface area (Å²) < 4.78 is 5.43. The molecule has 2 N–H and O–H groups in total. The fourth-order valence-electron chi connectivity index (χ4n) is 2.94. The summed E-state index contributed by atoms with van der Waals surface area (Å²) in [6, 6.07) is 16.7. The monoisotopic (exact) mass is 355 g/mol. The fourth-order valence-corrected chi connectivity index (χ4v) is 3.12. The van der Waals surface area contributed by atoms with Crippen LogP contribution in [-0.2, 0) is 17.8 Å². The third kappa shape index (κ3) is 5.26. The minimum Gasteiger partial charge on any atom is -0.379 e. The third-order valence-electron chi connectivity index (χ3n) is 4.45. The minimum atomic E-state index is 0.649. The maximum Gasteiger partial charge on any atom is 0.171 e. The van der Waals surface area contributed by atoms with Crippen molar-refractivity contribution in [1.29, 1.82) is 0 Å². The topological polar surface area (TPSA) is 36.5 Å². The summed E-state index contributed by atoms with van der Waals surface area (Å²) in [6.07, 6.45) is 0. The van der Waals surface area contributed by atoms with E-state index in [1.807, 2.05) is 18.2 Å². The largest absolute Gasteiger partial charge is 0.379 e. The zero-order valence-electron chi connectivity index (χ0n) is 14.6. The van der Waals surface area contributed by atoms with Gasteiger partial charge in [0, 0.05) is 31.9 Å². The number of thiocarbonyl (C=S) groups is 1. The van der Waals surface area contributed by atoms with Crippen molar-refractivity contribution in [2.45, 2.75) is 20.0 Å². The van der Waals surface area contributed by atoms with Crippen LogP contribution in [0.3, 0.4) is 0 Å². The van der Waals surface area contributed by atoms with Crippen LogP contribution in [0.1, 0.15) is 16.7 Å². The van der Waals surface area contributed by atoms with Crippen LogP contribution in [0.2, 0.25) is 0 Å². The first-order valence-corrected chi connectivity index (χ1v) is 9.10. The zero-order valence-corrected chi connectivity index (χ0v) is 15.4. The Balaban J connectivity index is 1.57. The lowest BCUT2D eigenvalue weighted by molar-refractivity contribution is 0.0341. The Bertz CT molecular complexity index is 714. The zero-order chi connectivity index (χ0) is 17.5. The van der Waals surface area contributed by atoms with E-state index in [4.69, 9.17) is 17.0 Å². The van der Waals surface area contributed by atoms with Gasteiger partial charge in [-0.15, -0.1) is 0 Å². The number of nitrogens with one attached hydrogen (secondary N) is 2. The highest BCUT2D eigenvalue weighted by atomic mass is 32.1. The Hall–Kier alpha value is -1.95. The number of benzene rings is 2. The van der Waals surface area contributed by atoms with Gasteiger partial charge in [-0.05, 0) is 41.9 Å². The number of ether oxygens (including phenoxy) is 1. The number of aryl methyl sites for hydroxylation is 1. The highest BCUT2D eigenvalue weighted by Crippen LogP contribution is 2.14. The van der Waals surface area contributed by atoms with Crippen molar-refractivity contribution >= 4 is 23.0 Å². The second kappa shape index (κ2) is 8.94. The lowest BCUT2D eigenvalue weighted by Crippen LogP contribution is -2.36. The van der Waals surface area contributed by atoms with Crippen LogP contribution >= 0.6 is 12.2 Å². The maximum absolute atomic E-state index is 5.45. The van der Waals surface area contributed by atoms with Crippen molar-refractivity contribution < 1.29 is 4.74 Å². The molecule has 2 aromatic rings. The van der Waals surface area contributed by atoms with Crippen molar-refractivity contribution in [3.63, 3.8) is 0 Å². The highest BCUT2D eigenvalue weighted by molar-refractivity contribution is 7.80. The summed E-state index contributed by atoms with van der Waals surface area (Å²) in [5.74, 6) is 0. The molecule has 1 fully saturated rings. The highest BCUT2D eigenvalue weighted by Gasteiger charge is 2.12. The van der Waals surface area contributed by atoms with Gasteiger partial charge in [0.25, 0.3) is 0 Å². The molecule has 2 aromatic carbocycles. The van der Waals surface area contributed by atoms with E-state index in [-0.39, 0.29) is 0 Å². The second-order valence-corrected chi connectivity index (χ2v) is 6.69. The molecule has 0 atom stereocenters. The Kier molecular flexibility index (Phi) is 6.39. The van der Waals surface area contributed by atoms with E-state index >= 15 is 0 Å². The molecule has 5 heteroatoms. The van der Waals surface area contributed by atoms with Crippen molar-refractivity contribution in [3.05, 3.63) is 65.2 Å². The molecule has 0 spiro atoms. The molecule has 0 aromatic heterocycles. The number of hydrogen-bond donors (Lipinski definition) is 2. The molecule has 1 saturated heterocycles. The molecule has 1 heterocycles. The number of anilines is 1. The van der Waals surface area contributed by atoms with E-state index in [0.717, 1.165) is 45.1 Å². The molecule has 0 radical (unpaired) electrons. The number of hydrogen-bond acceptors (Lipinski definition) is 3. The number of para-hydroxylation sites is 1. The Morgan fingerprint density at radius 3 is 2.48 bits per heavy atom. The molecule has 0 aliphatic carbocycles. The third-order valence-corrected chi connectivity index (χ3v) is 4.70. The molecule has 0 saturated carbocycles. The summed E-state index contributed by atoms with van der Waals surface area (Å²) in [5.41, 5.74) is 4.85. The van der Waals surface area contributed by atoms with Gasteiger partial charge in [0.1, 0.15) is 0 Å². The van der Waals surface area contributed by atoms with Crippen molar-refractivity contribution in [3.8, 4) is 0 Å². The van der Waals surface area contributed by atoms with Crippen LogP contribution in [0.25, 0.3) is 0 Å². The number of nitrogens with zero attached hydrogens (tertiary/aromatic N) is 1. The normalized spacial score (nSPS) is 14.9. The minimum absolute atomic E-state index is 0.649. The van der Waals surface area contributed by atoms with Crippen molar-refractivity contribution in [2.75, 3.05) is 31.6 Å². The van der Waals surface area contributed by atoms with Crippen LogP contribution in [0.4, 0.5) is 5.69 Å². The van der Waals surface area contributed by atoms with Gasteiger partial charge in [0.15, 0.2) is 5.11 Å². The molecule has 1 aliphatic heterocycles. The molecule has 1 aliphatic rings. The quantitative estimate of drug-likeness (QED) is 0.805. The van der Waals surface area contributed by atoms with Crippen LogP contribution in [0.15, 0.2) is 48.5 Å². The van der Waals surface area contributed by atoms with Gasteiger partial charge < -0.3 is 15.4 Å². The molecule has 132 valence electrons. The van der Waals surface area contributed by atoms with E-state index in [0.29, 0.717) is 5.11 Å². The Morgan fingerprint density at radius 1 is 1.04 bits per heavy atom. The molecule has 3 rings (SSSR count). The summed E-state index contributed by atoms with van der Waals surface area (Å²) in [4.78, 5) is 2.44. The summed E-state index contributed by atoms with van der Waals surface area (Å²) in [7, 11) is 0. The van der Waals surface area contributed by atoms with Gasteiger partial charge in [0.2, 0.25) is 0 Å². The Morgan fingerprint density at radius 2 is 1.72 bits per heavy atom. The summed E-state index contributed by atoms with van der Waals surface area (Å²) >= 11 is 5.45. The average Bonchev–Trinajstić information content (AvgIpc) is 2.64. The first-order valence-electron chi connectivity index (χ1n) is 8.70. The van der Waals surface area contributed by atoms with E-state index < -0.39 is 0 Å². The first-order chi connectivity index (χ1) is 12.2. The van der Waals surface area contributed by atoms with Crippen LogP contribution in [-0.4, -0.2) is 36.3 Å². The van der Waals surface area contributed by atoms with Gasteiger partial charge in [-0.1, -0.05) is 42.5 Å². The predicted molar refractivity (Wildman–Crippen MR) is 107 cm³/mol. The molecule has 0 unspecified atom stereocenters. The Labute approximate surface area is 155 Å². The van der Waals surface area contributed by atoms with Gasteiger partial charge in [-0.25, -0.2) is 0 Å². The fraction of sp³-hybridized carbons (Fsp3) is 0.350. The predicted octanol–water partition coefficient (Wildman–Crippen LogP) is 3.31. The molecule has 0 amide bonds. The maximum atomic E-state index is 5.45. The van der Waals surface area contributed by atoms with Crippen LogP contribution in [0.5, 0.6) is 0 Å². The molecular formula is C20H25N3OS.